The largest absolute Gasteiger partial charge is 0.395 e. The Morgan fingerprint density at radius 2 is 2.24 bits per heavy atom. The topological polar surface area (TPSA) is 63.9 Å². The van der Waals surface area contributed by atoms with E-state index in [-0.39, 0.29) is 6.61 Å². The third-order valence-corrected chi connectivity index (χ3v) is 2.99. The molecule has 4 nitrogen and oxygen atoms in total. The molecule has 0 radical (unpaired) electrons. The molecule has 0 bridgehead atoms. The van der Waals surface area contributed by atoms with E-state index >= 15 is 0 Å². The summed E-state index contributed by atoms with van der Waals surface area (Å²) in [5.74, 6) is -0.445. The van der Waals surface area contributed by atoms with E-state index in [0.717, 1.165) is 18.4 Å². The van der Waals surface area contributed by atoms with Crippen molar-refractivity contribution in [2.24, 2.45) is 0 Å². The van der Waals surface area contributed by atoms with Crippen LogP contribution in [0.4, 0.5) is 0 Å². The standard InChI is InChI=1S/C13H19NO3/c1-3-13(16,17)14(2)12(10-15)9-11-7-5-4-6-8-11/h1,5,7-8,12,15-17H,4,6,9-10H2,2H3/t12-/m0/s1. The van der Waals surface area contributed by atoms with E-state index in [2.05, 4.69) is 12.2 Å². The molecule has 4 heteroatoms. The van der Waals surface area contributed by atoms with Crippen molar-refractivity contribution in [2.45, 2.75) is 31.2 Å². The summed E-state index contributed by atoms with van der Waals surface area (Å²) in [7, 11) is 1.48. The summed E-state index contributed by atoms with van der Waals surface area (Å²) in [5.41, 5.74) is 1.08. The molecule has 0 aromatic rings. The number of nitrogens with zero attached hydrogens (tertiary/aromatic N) is 1. The molecule has 0 aromatic heterocycles. The lowest BCUT2D eigenvalue weighted by atomic mass is 9.99. The van der Waals surface area contributed by atoms with Gasteiger partial charge in [-0.25, -0.2) is 4.90 Å². The first-order chi connectivity index (χ1) is 8.01. The minimum Gasteiger partial charge on any atom is -0.395 e. The number of aliphatic hydroxyl groups is 3. The second-order valence-electron chi connectivity index (χ2n) is 4.19. The molecule has 94 valence electrons. The van der Waals surface area contributed by atoms with Crippen LogP contribution in [0.1, 0.15) is 19.3 Å². The first-order valence-electron chi connectivity index (χ1n) is 5.63. The molecule has 1 atom stereocenters. The van der Waals surface area contributed by atoms with Crippen molar-refractivity contribution < 1.29 is 15.3 Å². The van der Waals surface area contributed by atoms with E-state index in [1.54, 1.807) is 0 Å². The number of hydrogen-bond donors (Lipinski definition) is 3. The summed E-state index contributed by atoms with van der Waals surface area (Å²) in [5, 5.41) is 28.3. The Hall–Kier alpha value is -1.12. The molecule has 17 heavy (non-hydrogen) atoms. The maximum absolute atomic E-state index is 9.52. The van der Waals surface area contributed by atoms with Gasteiger partial charge in [-0.15, -0.1) is 6.42 Å². The molecule has 0 spiro atoms. The Balaban J connectivity index is 2.69. The lowest BCUT2D eigenvalue weighted by Crippen LogP contribution is -2.52. The fourth-order valence-electron chi connectivity index (χ4n) is 1.77. The van der Waals surface area contributed by atoms with E-state index in [0.29, 0.717) is 6.42 Å². The molecule has 0 saturated heterocycles. The number of rotatable bonds is 5. The van der Waals surface area contributed by atoms with Crippen LogP contribution in [0.25, 0.3) is 0 Å². The first-order valence-corrected chi connectivity index (χ1v) is 5.63. The van der Waals surface area contributed by atoms with Gasteiger partial charge in [-0.3, -0.25) is 0 Å². The molecule has 0 heterocycles. The van der Waals surface area contributed by atoms with E-state index in [1.807, 2.05) is 12.0 Å². The van der Waals surface area contributed by atoms with Crippen LogP contribution in [0, 0.1) is 12.3 Å². The number of terminal acetylenes is 1. The molecule has 0 saturated carbocycles. The average Bonchev–Trinajstić information content (AvgIpc) is 2.36. The predicted octanol–water partition coefficient (Wildman–Crippen LogP) is 0.217. The highest BCUT2D eigenvalue weighted by Gasteiger charge is 2.32. The van der Waals surface area contributed by atoms with Crippen molar-refractivity contribution in [2.75, 3.05) is 13.7 Å². The fraction of sp³-hybridized carbons (Fsp3) is 0.538. The molecule has 0 aromatic carbocycles. The third kappa shape index (κ3) is 3.69. The van der Waals surface area contributed by atoms with Crippen molar-refractivity contribution in [3.8, 4) is 12.3 Å². The van der Waals surface area contributed by atoms with Crippen molar-refractivity contribution >= 4 is 0 Å². The van der Waals surface area contributed by atoms with Crippen LogP contribution < -0.4 is 0 Å². The van der Waals surface area contributed by atoms with Gasteiger partial charge >= 0.3 is 0 Å². The Kier molecular flexibility index (Phi) is 4.91. The van der Waals surface area contributed by atoms with E-state index < -0.39 is 12.0 Å². The minimum atomic E-state index is -2.33. The van der Waals surface area contributed by atoms with E-state index in [4.69, 9.17) is 6.42 Å². The van der Waals surface area contributed by atoms with Gasteiger partial charge in [0.25, 0.3) is 5.91 Å². The Morgan fingerprint density at radius 1 is 1.53 bits per heavy atom. The van der Waals surface area contributed by atoms with Gasteiger partial charge in [0.1, 0.15) is 0 Å². The number of hydrogen-bond acceptors (Lipinski definition) is 4. The summed E-state index contributed by atoms with van der Waals surface area (Å²) in [6.07, 6.45) is 13.7. The van der Waals surface area contributed by atoms with Gasteiger partial charge in [0.15, 0.2) is 0 Å². The zero-order chi connectivity index (χ0) is 12.9. The van der Waals surface area contributed by atoms with Crippen LogP contribution in [-0.4, -0.2) is 45.8 Å². The molecule has 1 aliphatic rings. The predicted molar refractivity (Wildman–Crippen MR) is 65.7 cm³/mol. The smallest absolute Gasteiger partial charge is 0.293 e. The maximum Gasteiger partial charge on any atom is 0.293 e. The number of aliphatic hydroxyl groups excluding tert-OH is 1. The van der Waals surface area contributed by atoms with Crippen LogP contribution in [0.15, 0.2) is 23.8 Å². The second kappa shape index (κ2) is 5.99. The quantitative estimate of drug-likeness (QED) is 0.473. The van der Waals surface area contributed by atoms with Gasteiger partial charge in [-0.05, 0) is 32.2 Å². The number of allylic oxidation sites excluding steroid dienone is 3. The third-order valence-electron chi connectivity index (χ3n) is 2.99. The summed E-state index contributed by atoms with van der Waals surface area (Å²) >= 11 is 0. The van der Waals surface area contributed by atoms with Gasteiger partial charge in [0.05, 0.1) is 6.61 Å². The normalized spacial score (nSPS) is 17.8. The highest BCUT2D eigenvalue weighted by atomic mass is 16.5. The summed E-state index contributed by atoms with van der Waals surface area (Å²) in [4.78, 5) is 1.19. The lowest BCUT2D eigenvalue weighted by Gasteiger charge is -2.34. The van der Waals surface area contributed by atoms with Crippen LogP contribution in [0.5, 0.6) is 0 Å². The van der Waals surface area contributed by atoms with Crippen LogP contribution >= 0.6 is 0 Å². The minimum absolute atomic E-state index is 0.188. The van der Waals surface area contributed by atoms with Crippen LogP contribution in [-0.2, 0) is 0 Å². The van der Waals surface area contributed by atoms with Crippen molar-refractivity contribution in [1.29, 1.82) is 0 Å². The average molecular weight is 237 g/mol. The first kappa shape index (κ1) is 13.9. The molecule has 0 fully saturated rings. The molecule has 3 N–H and O–H groups in total. The molecule has 1 rings (SSSR count). The van der Waals surface area contributed by atoms with Crippen molar-refractivity contribution in [3.05, 3.63) is 23.8 Å². The zero-order valence-electron chi connectivity index (χ0n) is 10.0. The zero-order valence-corrected chi connectivity index (χ0v) is 10.0. The number of likely N-dealkylation sites (N-methyl/N-ethyl adjacent to an activating group) is 1. The summed E-state index contributed by atoms with van der Waals surface area (Å²) < 4.78 is 0. The van der Waals surface area contributed by atoms with E-state index in [1.165, 1.54) is 11.9 Å². The molecule has 1 aliphatic carbocycles. The molecule has 0 amide bonds. The summed E-state index contributed by atoms with van der Waals surface area (Å²) in [6.45, 7) is -0.188. The highest BCUT2D eigenvalue weighted by molar-refractivity contribution is 5.23. The van der Waals surface area contributed by atoms with Gasteiger partial charge in [-0.1, -0.05) is 23.8 Å². The van der Waals surface area contributed by atoms with Gasteiger partial charge in [-0.2, -0.15) is 0 Å². The second-order valence-corrected chi connectivity index (χ2v) is 4.19. The van der Waals surface area contributed by atoms with Crippen LogP contribution in [0.3, 0.4) is 0 Å². The van der Waals surface area contributed by atoms with Crippen molar-refractivity contribution in [3.63, 3.8) is 0 Å². The lowest BCUT2D eigenvalue weighted by molar-refractivity contribution is -0.225. The molecule has 0 unspecified atom stereocenters. The van der Waals surface area contributed by atoms with Gasteiger partial charge < -0.3 is 15.3 Å². The molecular weight excluding hydrogens is 218 g/mol. The van der Waals surface area contributed by atoms with Crippen LogP contribution in [0.2, 0.25) is 0 Å². The summed E-state index contributed by atoms with van der Waals surface area (Å²) in [6, 6.07) is -0.421. The van der Waals surface area contributed by atoms with E-state index in [9.17, 15) is 15.3 Å². The molecule has 0 aliphatic heterocycles. The Morgan fingerprint density at radius 3 is 2.71 bits per heavy atom. The Bertz CT molecular complexity index is 352. The highest BCUT2D eigenvalue weighted by Crippen LogP contribution is 2.20. The Labute approximate surface area is 102 Å². The van der Waals surface area contributed by atoms with Gasteiger partial charge in [0.2, 0.25) is 0 Å². The SMILES string of the molecule is C#CC(O)(O)N(C)[C@H](CO)CC1=CCCC=C1. The monoisotopic (exact) mass is 237 g/mol. The maximum atomic E-state index is 9.52. The van der Waals surface area contributed by atoms with Gasteiger partial charge in [0, 0.05) is 6.04 Å². The molecular formula is C13H19NO3. The van der Waals surface area contributed by atoms with Crippen molar-refractivity contribution in [1.82, 2.24) is 4.90 Å². The fourth-order valence-corrected chi connectivity index (χ4v) is 1.77.